The molecular formula is C16H15NO3. The van der Waals surface area contributed by atoms with Crippen LogP contribution in [0.4, 0.5) is 0 Å². The van der Waals surface area contributed by atoms with Crippen molar-refractivity contribution in [2.45, 2.75) is 12.3 Å². The minimum atomic E-state index is -0.331. The largest absolute Gasteiger partial charge is 0.493 e. The van der Waals surface area contributed by atoms with Crippen LogP contribution in [0.25, 0.3) is 0 Å². The Balaban J connectivity index is 1.67. The Morgan fingerprint density at radius 2 is 2.20 bits per heavy atom. The first kappa shape index (κ1) is 12.7. The molecule has 4 nitrogen and oxygen atoms in total. The lowest BCUT2D eigenvalue weighted by Gasteiger charge is -2.25. The molecule has 0 amide bonds. The number of carbonyl (C=O) groups is 1. The van der Waals surface area contributed by atoms with E-state index >= 15 is 0 Å². The van der Waals surface area contributed by atoms with E-state index in [2.05, 4.69) is 4.98 Å². The molecule has 102 valence electrons. The number of hydrogen-bond acceptors (Lipinski definition) is 4. The van der Waals surface area contributed by atoms with Crippen LogP contribution in [0.1, 0.15) is 28.3 Å². The van der Waals surface area contributed by atoms with Gasteiger partial charge in [0, 0.05) is 23.9 Å². The van der Waals surface area contributed by atoms with Gasteiger partial charge in [0.2, 0.25) is 0 Å². The first-order valence-electron chi connectivity index (χ1n) is 6.63. The number of aromatic nitrogens is 1. The number of nitrogens with zero attached hydrogens (tertiary/aromatic N) is 1. The summed E-state index contributed by atoms with van der Waals surface area (Å²) in [6, 6.07) is 11.3. The quantitative estimate of drug-likeness (QED) is 0.804. The van der Waals surface area contributed by atoms with Crippen LogP contribution in [0.15, 0.2) is 48.8 Å². The normalized spacial score (nSPS) is 16.9. The van der Waals surface area contributed by atoms with Crippen molar-refractivity contribution in [1.29, 1.82) is 0 Å². The van der Waals surface area contributed by atoms with Gasteiger partial charge in [-0.05, 0) is 24.6 Å². The minimum absolute atomic E-state index is 0.195. The smallest absolute Gasteiger partial charge is 0.339 e. The molecule has 4 heteroatoms. The van der Waals surface area contributed by atoms with Gasteiger partial charge in [0.25, 0.3) is 0 Å². The summed E-state index contributed by atoms with van der Waals surface area (Å²) in [5, 5.41) is 0. The van der Waals surface area contributed by atoms with Crippen LogP contribution in [-0.2, 0) is 4.74 Å². The van der Waals surface area contributed by atoms with Crippen molar-refractivity contribution in [2.75, 3.05) is 13.2 Å². The Morgan fingerprint density at radius 3 is 3.05 bits per heavy atom. The summed E-state index contributed by atoms with van der Waals surface area (Å²) in [6.07, 6.45) is 4.00. The van der Waals surface area contributed by atoms with E-state index in [1.54, 1.807) is 18.3 Å². The van der Waals surface area contributed by atoms with Crippen molar-refractivity contribution in [1.82, 2.24) is 4.98 Å². The monoisotopic (exact) mass is 269 g/mol. The average Bonchev–Trinajstić information content (AvgIpc) is 2.53. The van der Waals surface area contributed by atoms with Gasteiger partial charge in [0.05, 0.1) is 18.8 Å². The van der Waals surface area contributed by atoms with Crippen molar-refractivity contribution >= 4 is 5.97 Å². The van der Waals surface area contributed by atoms with E-state index < -0.39 is 0 Å². The maximum absolute atomic E-state index is 11.9. The highest BCUT2D eigenvalue weighted by Crippen LogP contribution is 2.33. The second-order valence-corrected chi connectivity index (χ2v) is 4.71. The van der Waals surface area contributed by atoms with E-state index in [0.717, 1.165) is 17.7 Å². The lowest BCUT2D eigenvalue weighted by atomic mass is 9.94. The Hall–Kier alpha value is -2.36. The summed E-state index contributed by atoms with van der Waals surface area (Å²) in [5.41, 5.74) is 1.59. The fraction of sp³-hybridized carbons (Fsp3) is 0.250. The van der Waals surface area contributed by atoms with E-state index in [1.165, 1.54) is 6.20 Å². The van der Waals surface area contributed by atoms with Crippen LogP contribution in [0.3, 0.4) is 0 Å². The lowest BCUT2D eigenvalue weighted by Crippen LogP contribution is -2.20. The molecule has 0 spiro atoms. The number of para-hydroxylation sites is 1. The molecule has 0 bridgehead atoms. The second-order valence-electron chi connectivity index (χ2n) is 4.71. The third kappa shape index (κ3) is 2.64. The Kier molecular flexibility index (Phi) is 3.63. The summed E-state index contributed by atoms with van der Waals surface area (Å²) in [5.74, 6) is 0.754. The van der Waals surface area contributed by atoms with E-state index in [4.69, 9.17) is 9.47 Å². The molecule has 2 aromatic rings. The molecular weight excluding hydrogens is 254 g/mol. The van der Waals surface area contributed by atoms with E-state index in [0.29, 0.717) is 18.8 Å². The summed E-state index contributed by atoms with van der Waals surface area (Å²) in [7, 11) is 0. The standard InChI is InChI=1S/C16H15NO3/c18-16(12-4-3-8-17-10-12)20-11-13-7-9-19-15-6-2-1-5-14(13)15/h1-6,8,10,13H,7,9,11H2/t13-/m0/s1. The van der Waals surface area contributed by atoms with Crippen molar-refractivity contribution in [2.24, 2.45) is 0 Å². The van der Waals surface area contributed by atoms with Crippen LogP contribution in [0.2, 0.25) is 0 Å². The third-order valence-corrected chi connectivity index (χ3v) is 3.40. The van der Waals surface area contributed by atoms with Crippen LogP contribution < -0.4 is 4.74 Å². The highest BCUT2D eigenvalue weighted by Gasteiger charge is 2.22. The number of hydrogen-bond donors (Lipinski definition) is 0. The van der Waals surface area contributed by atoms with Crippen molar-refractivity contribution in [3.05, 3.63) is 59.9 Å². The predicted molar refractivity (Wildman–Crippen MR) is 73.8 cm³/mol. The fourth-order valence-corrected chi connectivity index (χ4v) is 2.33. The number of ether oxygens (including phenoxy) is 2. The zero-order chi connectivity index (χ0) is 13.8. The summed E-state index contributed by atoms with van der Waals surface area (Å²) in [6.45, 7) is 1.03. The van der Waals surface area contributed by atoms with Crippen LogP contribution in [0.5, 0.6) is 5.75 Å². The molecule has 0 radical (unpaired) electrons. The number of rotatable bonds is 3. The third-order valence-electron chi connectivity index (χ3n) is 3.40. The molecule has 3 rings (SSSR count). The maximum atomic E-state index is 11.9. The highest BCUT2D eigenvalue weighted by molar-refractivity contribution is 5.88. The molecule has 1 aromatic heterocycles. The molecule has 1 aromatic carbocycles. The van der Waals surface area contributed by atoms with Gasteiger partial charge in [0.1, 0.15) is 5.75 Å². The predicted octanol–water partition coefficient (Wildman–Crippen LogP) is 2.80. The molecule has 1 aliphatic heterocycles. The van der Waals surface area contributed by atoms with E-state index in [1.807, 2.05) is 24.3 Å². The highest BCUT2D eigenvalue weighted by atomic mass is 16.5. The SMILES string of the molecule is O=C(OC[C@@H]1CCOc2ccccc21)c1cccnc1. The molecule has 1 atom stereocenters. The summed E-state index contributed by atoms with van der Waals surface area (Å²) >= 11 is 0. The van der Waals surface area contributed by atoms with Gasteiger partial charge in [-0.25, -0.2) is 4.79 Å². The molecule has 0 unspecified atom stereocenters. The molecule has 0 aliphatic carbocycles. The molecule has 0 fully saturated rings. The van der Waals surface area contributed by atoms with E-state index in [-0.39, 0.29) is 11.9 Å². The second kappa shape index (κ2) is 5.74. The topological polar surface area (TPSA) is 48.4 Å². The van der Waals surface area contributed by atoms with Gasteiger partial charge in [-0.2, -0.15) is 0 Å². The number of pyridine rings is 1. The zero-order valence-electron chi connectivity index (χ0n) is 11.0. The molecule has 0 saturated carbocycles. The number of esters is 1. The van der Waals surface area contributed by atoms with Gasteiger partial charge in [-0.1, -0.05) is 18.2 Å². The van der Waals surface area contributed by atoms with Gasteiger partial charge in [-0.3, -0.25) is 4.98 Å². The number of carbonyl (C=O) groups excluding carboxylic acids is 1. The molecule has 20 heavy (non-hydrogen) atoms. The lowest BCUT2D eigenvalue weighted by molar-refractivity contribution is 0.0458. The van der Waals surface area contributed by atoms with Crippen LogP contribution >= 0.6 is 0 Å². The minimum Gasteiger partial charge on any atom is -0.493 e. The van der Waals surface area contributed by atoms with Crippen molar-refractivity contribution in [3.63, 3.8) is 0 Å². The maximum Gasteiger partial charge on any atom is 0.339 e. The Morgan fingerprint density at radius 1 is 1.30 bits per heavy atom. The van der Waals surface area contributed by atoms with E-state index in [9.17, 15) is 4.79 Å². The van der Waals surface area contributed by atoms with Crippen LogP contribution in [-0.4, -0.2) is 24.2 Å². The van der Waals surface area contributed by atoms with Gasteiger partial charge >= 0.3 is 5.97 Å². The van der Waals surface area contributed by atoms with Crippen molar-refractivity contribution < 1.29 is 14.3 Å². The molecule has 0 N–H and O–H groups in total. The molecule has 2 heterocycles. The van der Waals surface area contributed by atoms with Gasteiger partial charge < -0.3 is 9.47 Å². The first-order chi connectivity index (χ1) is 9.84. The zero-order valence-corrected chi connectivity index (χ0v) is 11.0. The first-order valence-corrected chi connectivity index (χ1v) is 6.63. The van der Waals surface area contributed by atoms with Crippen LogP contribution in [0, 0.1) is 0 Å². The Labute approximate surface area is 117 Å². The Bertz CT molecular complexity index is 598. The summed E-state index contributed by atoms with van der Waals surface area (Å²) < 4.78 is 11.0. The van der Waals surface area contributed by atoms with Gasteiger partial charge in [0.15, 0.2) is 0 Å². The average molecular weight is 269 g/mol. The fourth-order valence-electron chi connectivity index (χ4n) is 2.33. The molecule has 1 aliphatic rings. The number of fused-ring (bicyclic) bond motifs is 1. The molecule has 0 saturated heterocycles. The number of benzene rings is 1. The van der Waals surface area contributed by atoms with Gasteiger partial charge in [-0.15, -0.1) is 0 Å². The summed E-state index contributed by atoms with van der Waals surface area (Å²) in [4.78, 5) is 15.8. The van der Waals surface area contributed by atoms with Crippen molar-refractivity contribution in [3.8, 4) is 5.75 Å².